The number of hydrogen-bond donors (Lipinski definition) is 1. The Labute approximate surface area is 181 Å². The van der Waals surface area contributed by atoms with Gasteiger partial charge in [-0.25, -0.2) is 0 Å². The van der Waals surface area contributed by atoms with Crippen LogP contribution < -0.4 is 5.32 Å². The van der Waals surface area contributed by atoms with Gasteiger partial charge >= 0.3 is 0 Å². The molecule has 2 heterocycles. The van der Waals surface area contributed by atoms with E-state index in [1.54, 1.807) is 35.6 Å². The topological polar surface area (TPSA) is 52.7 Å². The van der Waals surface area contributed by atoms with Gasteiger partial charge in [-0.3, -0.25) is 19.4 Å². The zero-order chi connectivity index (χ0) is 21.1. The predicted molar refractivity (Wildman–Crippen MR) is 123 cm³/mol. The Hall–Kier alpha value is -2.54. The zero-order valence-corrected chi connectivity index (χ0v) is 18.2. The lowest BCUT2D eigenvalue weighted by molar-refractivity contribution is -0.121. The van der Waals surface area contributed by atoms with E-state index in [2.05, 4.69) is 44.8 Å². The fourth-order valence-corrected chi connectivity index (χ4v) is 4.86. The number of anilines is 1. The van der Waals surface area contributed by atoms with Gasteiger partial charge < -0.3 is 5.32 Å². The second kappa shape index (κ2) is 9.08. The highest BCUT2D eigenvalue weighted by molar-refractivity contribution is 7.17. The molecule has 1 unspecified atom stereocenters. The Kier molecular flexibility index (Phi) is 6.27. The number of Topliss-reactive ketones (excluding diaryl/α,β-unsaturated/α-hetero) is 1. The summed E-state index contributed by atoms with van der Waals surface area (Å²) in [7, 11) is 0. The van der Waals surface area contributed by atoms with Gasteiger partial charge in [0, 0.05) is 48.7 Å². The van der Waals surface area contributed by atoms with Crippen molar-refractivity contribution in [2.45, 2.75) is 26.4 Å². The Morgan fingerprint density at radius 1 is 1.03 bits per heavy atom. The van der Waals surface area contributed by atoms with E-state index in [9.17, 15) is 9.59 Å². The van der Waals surface area contributed by atoms with Crippen molar-refractivity contribution in [1.82, 2.24) is 9.80 Å². The van der Waals surface area contributed by atoms with Crippen molar-refractivity contribution in [2.75, 3.05) is 31.5 Å². The number of fused-ring (bicyclic) bond motifs is 1. The van der Waals surface area contributed by atoms with Crippen LogP contribution in [0.5, 0.6) is 0 Å². The third-order valence-electron chi connectivity index (χ3n) is 5.85. The summed E-state index contributed by atoms with van der Waals surface area (Å²) in [5, 5.41) is 6.59. The zero-order valence-electron chi connectivity index (χ0n) is 17.4. The first-order chi connectivity index (χ1) is 14.5. The van der Waals surface area contributed by atoms with Crippen LogP contribution in [-0.2, 0) is 11.3 Å². The van der Waals surface area contributed by atoms with E-state index in [0.29, 0.717) is 5.56 Å². The largest absolute Gasteiger partial charge is 0.325 e. The third-order valence-corrected chi connectivity index (χ3v) is 6.86. The minimum absolute atomic E-state index is 0.0112. The number of hydrogen-bond acceptors (Lipinski definition) is 5. The van der Waals surface area contributed by atoms with E-state index in [0.717, 1.165) is 38.4 Å². The molecule has 1 N–H and O–H groups in total. The van der Waals surface area contributed by atoms with Crippen LogP contribution in [0.25, 0.3) is 10.1 Å². The summed E-state index contributed by atoms with van der Waals surface area (Å²) in [6.45, 7) is 8.11. The molecule has 4 rings (SSSR count). The molecule has 1 aliphatic heterocycles. The minimum Gasteiger partial charge on any atom is -0.325 e. The molecule has 5 nitrogen and oxygen atoms in total. The summed E-state index contributed by atoms with van der Waals surface area (Å²) in [5.41, 5.74) is 2.76. The van der Waals surface area contributed by atoms with Crippen molar-refractivity contribution >= 4 is 38.8 Å². The highest BCUT2D eigenvalue weighted by Gasteiger charge is 2.26. The van der Waals surface area contributed by atoms with Crippen LogP contribution in [0.3, 0.4) is 0 Å². The fourth-order valence-electron chi connectivity index (χ4n) is 3.91. The van der Waals surface area contributed by atoms with Gasteiger partial charge in [0.15, 0.2) is 5.78 Å². The number of benzene rings is 2. The molecule has 1 aromatic heterocycles. The third kappa shape index (κ3) is 4.61. The van der Waals surface area contributed by atoms with Gasteiger partial charge in [0.2, 0.25) is 5.91 Å². The maximum absolute atomic E-state index is 12.7. The highest BCUT2D eigenvalue weighted by atomic mass is 32.1. The van der Waals surface area contributed by atoms with Crippen LogP contribution in [0.1, 0.15) is 29.8 Å². The molecular weight excluding hydrogens is 394 g/mol. The van der Waals surface area contributed by atoms with E-state index in [4.69, 9.17) is 0 Å². The van der Waals surface area contributed by atoms with Crippen molar-refractivity contribution in [1.29, 1.82) is 0 Å². The van der Waals surface area contributed by atoms with Crippen LogP contribution in [0.4, 0.5) is 5.69 Å². The number of nitrogens with zero attached hydrogens (tertiary/aromatic N) is 2. The van der Waals surface area contributed by atoms with Gasteiger partial charge in [-0.05, 0) is 60.5 Å². The molecule has 1 atom stereocenters. The molecule has 0 spiro atoms. The molecule has 156 valence electrons. The molecule has 0 saturated carbocycles. The summed E-state index contributed by atoms with van der Waals surface area (Å²) in [5.74, 6) is 0.0115. The SMILES string of the molecule is CC(=O)c1ccc(NC(=O)C(C)N2CCN(Cc3csc4ccccc34)CC2)cc1. The number of amides is 1. The Morgan fingerprint density at radius 2 is 1.73 bits per heavy atom. The van der Waals surface area contributed by atoms with Crippen LogP contribution in [-0.4, -0.2) is 53.7 Å². The average molecular weight is 422 g/mol. The number of rotatable bonds is 6. The molecule has 1 saturated heterocycles. The van der Waals surface area contributed by atoms with Crippen LogP contribution in [0, 0.1) is 0 Å². The summed E-state index contributed by atoms with van der Waals surface area (Å²) < 4.78 is 1.34. The molecular formula is C24H27N3O2S. The Morgan fingerprint density at radius 3 is 2.43 bits per heavy atom. The smallest absolute Gasteiger partial charge is 0.241 e. The van der Waals surface area contributed by atoms with Crippen molar-refractivity contribution in [3.05, 3.63) is 65.0 Å². The van der Waals surface area contributed by atoms with Crippen molar-refractivity contribution in [3.63, 3.8) is 0 Å². The molecule has 30 heavy (non-hydrogen) atoms. The first kappa shape index (κ1) is 20.7. The second-order valence-electron chi connectivity index (χ2n) is 7.87. The molecule has 3 aromatic rings. The first-order valence-corrected chi connectivity index (χ1v) is 11.2. The lowest BCUT2D eigenvalue weighted by Gasteiger charge is -2.37. The van der Waals surface area contributed by atoms with Crippen LogP contribution >= 0.6 is 11.3 Å². The Bertz CT molecular complexity index is 1040. The van der Waals surface area contributed by atoms with E-state index in [1.165, 1.54) is 22.6 Å². The lowest BCUT2D eigenvalue weighted by Crippen LogP contribution is -2.52. The van der Waals surface area contributed by atoms with Gasteiger partial charge in [0.1, 0.15) is 0 Å². The van der Waals surface area contributed by atoms with Crippen LogP contribution in [0.15, 0.2) is 53.9 Å². The average Bonchev–Trinajstić information content (AvgIpc) is 3.17. The summed E-state index contributed by atoms with van der Waals surface area (Å²) >= 11 is 1.81. The van der Waals surface area contributed by atoms with Gasteiger partial charge in [0.05, 0.1) is 6.04 Å². The van der Waals surface area contributed by atoms with Crippen molar-refractivity contribution in [2.24, 2.45) is 0 Å². The van der Waals surface area contributed by atoms with E-state index < -0.39 is 0 Å². The molecule has 0 radical (unpaired) electrons. The highest BCUT2D eigenvalue weighted by Crippen LogP contribution is 2.27. The maximum Gasteiger partial charge on any atom is 0.241 e. The second-order valence-corrected chi connectivity index (χ2v) is 8.78. The molecule has 0 bridgehead atoms. The standard InChI is InChI=1S/C24H27N3O2S/c1-17(24(29)25-21-9-7-19(8-10-21)18(2)28)27-13-11-26(12-14-27)15-20-16-30-23-6-4-3-5-22(20)23/h3-10,16-17H,11-15H2,1-2H3,(H,25,29). The summed E-state index contributed by atoms with van der Waals surface area (Å²) in [6.07, 6.45) is 0. The molecule has 1 aliphatic rings. The van der Waals surface area contributed by atoms with E-state index in [-0.39, 0.29) is 17.7 Å². The monoisotopic (exact) mass is 421 g/mol. The fraction of sp³-hybridized carbons (Fsp3) is 0.333. The quantitative estimate of drug-likeness (QED) is 0.605. The van der Waals surface area contributed by atoms with E-state index in [1.807, 2.05) is 6.92 Å². The summed E-state index contributed by atoms with van der Waals surface area (Å²) in [4.78, 5) is 28.8. The number of ketones is 1. The number of piperazine rings is 1. The van der Waals surface area contributed by atoms with Gasteiger partial charge in [-0.1, -0.05) is 18.2 Å². The number of carbonyl (C=O) groups excluding carboxylic acids is 2. The van der Waals surface area contributed by atoms with Crippen molar-refractivity contribution < 1.29 is 9.59 Å². The lowest BCUT2D eigenvalue weighted by atomic mass is 10.1. The summed E-state index contributed by atoms with van der Waals surface area (Å²) in [6, 6.07) is 15.4. The molecule has 1 amide bonds. The Balaban J connectivity index is 1.29. The normalized spacial score (nSPS) is 16.5. The van der Waals surface area contributed by atoms with Gasteiger partial charge in [0.25, 0.3) is 0 Å². The molecule has 1 fully saturated rings. The minimum atomic E-state index is -0.193. The van der Waals surface area contributed by atoms with Gasteiger partial charge in [-0.15, -0.1) is 11.3 Å². The maximum atomic E-state index is 12.7. The molecule has 0 aliphatic carbocycles. The predicted octanol–water partition coefficient (Wildman–Crippen LogP) is 4.25. The van der Waals surface area contributed by atoms with Crippen molar-refractivity contribution in [3.8, 4) is 0 Å². The van der Waals surface area contributed by atoms with E-state index >= 15 is 0 Å². The first-order valence-electron chi connectivity index (χ1n) is 10.3. The number of nitrogens with one attached hydrogen (secondary N) is 1. The van der Waals surface area contributed by atoms with Crippen LogP contribution in [0.2, 0.25) is 0 Å². The van der Waals surface area contributed by atoms with Gasteiger partial charge in [-0.2, -0.15) is 0 Å². The molecule has 6 heteroatoms. The molecule has 2 aromatic carbocycles. The number of carbonyl (C=O) groups is 2. The number of thiophene rings is 1.